The van der Waals surface area contributed by atoms with E-state index in [4.69, 9.17) is 5.11 Å². The Labute approximate surface area is 114 Å². The van der Waals surface area contributed by atoms with Gasteiger partial charge in [0.1, 0.15) is 23.4 Å². The average molecular weight is 274 g/mol. The topological polar surface area (TPSA) is 88.3 Å². The maximum Gasteiger partial charge on any atom is 0.341 e. The SMILES string of the molecule is Cn1c(=O)c(C(=O)O)cc2c(N3CCCC3)ncnc21. The van der Waals surface area contributed by atoms with Crippen molar-refractivity contribution in [2.24, 2.45) is 7.05 Å². The van der Waals surface area contributed by atoms with Crippen molar-refractivity contribution in [2.45, 2.75) is 12.8 Å². The van der Waals surface area contributed by atoms with Crippen LogP contribution in [0.4, 0.5) is 5.82 Å². The lowest BCUT2D eigenvalue weighted by Crippen LogP contribution is -2.26. The number of carboxylic acids is 1. The Balaban J connectivity index is 2.32. The van der Waals surface area contributed by atoms with E-state index in [0.29, 0.717) is 16.9 Å². The fourth-order valence-corrected chi connectivity index (χ4v) is 2.59. The molecule has 1 aliphatic rings. The van der Waals surface area contributed by atoms with Gasteiger partial charge in [0.05, 0.1) is 5.39 Å². The molecule has 1 fully saturated rings. The van der Waals surface area contributed by atoms with Gasteiger partial charge in [-0.1, -0.05) is 0 Å². The zero-order valence-electron chi connectivity index (χ0n) is 11.0. The number of carboxylic acid groups (broad SMARTS) is 1. The van der Waals surface area contributed by atoms with Crippen LogP contribution in [-0.4, -0.2) is 38.7 Å². The quantitative estimate of drug-likeness (QED) is 0.864. The van der Waals surface area contributed by atoms with Gasteiger partial charge in [0.25, 0.3) is 5.56 Å². The fraction of sp³-hybridized carbons (Fsp3) is 0.385. The van der Waals surface area contributed by atoms with Crippen LogP contribution in [0.5, 0.6) is 0 Å². The van der Waals surface area contributed by atoms with Gasteiger partial charge in [-0.2, -0.15) is 0 Å². The van der Waals surface area contributed by atoms with Crippen molar-refractivity contribution in [2.75, 3.05) is 18.0 Å². The molecule has 2 aromatic rings. The molecule has 0 bridgehead atoms. The first kappa shape index (κ1) is 12.6. The third kappa shape index (κ3) is 1.82. The number of aryl methyl sites for hydroxylation is 1. The molecule has 0 atom stereocenters. The Kier molecular flexibility index (Phi) is 2.89. The highest BCUT2D eigenvalue weighted by atomic mass is 16.4. The van der Waals surface area contributed by atoms with Gasteiger partial charge < -0.3 is 10.0 Å². The number of aromatic carboxylic acids is 1. The van der Waals surface area contributed by atoms with Crippen LogP contribution >= 0.6 is 0 Å². The first-order valence-corrected chi connectivity index (χ1v) is 6.42. The highest BCUT2D eigenvalue weighted by Crippen LogP contribution is 2.25. The van der Waals surface area contributed by atoms with Gasteiger partial charge in [0.2, 0.25) is 0 Å². The molecule has 1 aliphatic heterocycles. The minimum atomic E-state index is -1.23. The van der Waals surface area contributed by atoms with E-state index in [9.17, 15) is 9.59 Å². The van der Waals surface area contributed by atoms with Crippen molar-refractivity contribution >= 4 is 22.8 Å². The summed E-state index contributed by atoms with van der Waals surface area (Å²) in [6.07, 6.45) is 3.59. The predicted molar refractivity (Wildman–Crippen MR) is 73.2 cm³/mol. The Hall–Kier alpha value is -2.44. The Morgan fingerprint density at radius 3 is 2.65 bits per heavy atom. The van der Waals surface area contributed by atoms with Crippen LogP contribution in [0.25, 0.3) is 11.0 Å². The number of hydrogen-bond acceptors (Lipinski definition) is 5. The molecule has 0 spiro atoms. The van der Waals surface area contributed by atoms with Crippen molar-refractivity contribution < 1.29 is 9.90 Å². The van der Waals surface area contributed by atoms with E-state index >= 15 is 0 Å². The molecule has 7 heteroatoms. The van der Waals surface area contributed by atoms with E-state index in [1.54, 1.807) is 0 Å². The number of carbonyl (C=O) groups is 1. The minimum Gasteiger partial charge on any atom is -0.477 e. The largest absolute Gasteiger partial charge is 0.477 e. The molecule has 0 saturated carbocycles. The van der Waals surface area contributed by atoms with Gasteiger partial charge in [-0.3, -0.25) is 9.36 Å². The summed E-state index contributed by atoms with van der Waals surface area (Å²) in [6, 6.07) is 1.38. The van der Waals surface area contributed by atoms with E-state index in [0.717, 1.165) is 25.9 Å². The molecule has 0 radical (unpaired) electrons. The zero-order valence-corrected chi connectivity index (χ0v) is 11.0. The Morgan fingerprint density at radius 1 is 1.30 bits per heavy atom. The van der Waals surface area contributed by atoms with E-state index in [1.165, 1.54) is 24.0 Å². The van der Waals surface area contributed by atoms with Crippen LogP contribution in [0.3, 0.4) is 0 Å². The molecule has 7 nitrogen and oxygen atoms in total. The van der Waals surface area contributed by atoms with Crippen LogP contribution in [0, 0.1) is 0 Å². The highest BCUT2D eigenvalue weighted by molar-refractivity contribution is 5.95. The van der Waals surface area contributed by atoms with Gasteiger partial charge in [0, 0.05) is 20.1 Å². The van der Waals surface area contributed by atoms with E-state index in [2.05, 4.69) is 14.9 Å². The van der Waals surface area contributed by atoms with E-state index < -0.39 is 11.5 Å². The van der Waals surface area contributed by atoms with Crippen LogP contribution in [0.1, 0.15) is 23.2 Å². The van der Waals surface area contributed by atoms with E-state index in [-0.39, 0.29) is 5.56 Å². The molecule has 20 heavy (non-hydrogen) atoms. The molecule has 0 unspecified atom stereocenters. The molecule has 104 valence electrons. The maximum atomic E-state index is 12.0. The number of rotatable bonds is 2. The van der Waals surface area contributed by atoms with Crippen molar-refractivity contribution in [3.8, 4) is 0 Å². The van der Waals surface area contributed by atoms with Crippen LogP contribution in [-0.2, 0) is 7.05 Å². The number of pyridine rings is 1. The number of aromatic nitrogens is 3. The molecule has 2 aromatic heterocycles. The first-order valence-electron chi connectivity index (χ1n) is 6.42. The second-order valence-electron chi connectivity index (χ2n) is 4.86. The first-order chi connectivity index (χ1) is 9.59. The summed E-state index contributed by atoms with van der Waals surface area (Å²) in [4.78, 5) is 33.6. The normalized spacial score (nSPS) is 14.9. The summed E-state index contributed by atoms with van der Waals surface area (Å²) >= 11 is 0. The van der Waals surface area contributed by atoms with Crippen LogP contribution in [0.15, 0.2) is 17.2 Å². The summed E-state index contributed by atoms with van der Waals surface area (Å²) in [5.41, 5.74) is -0.358. The van der Waals surface area contributed by atoms with Crippen LogP contribution < -0.4 is 10.5 Å². The van der Waals surface area contributed by atoms with Gasteiger partial charge >= 0.3 is 5.97 Å². The molecular formula is C13H14N4O3. The number of nitrogens with zero attached hydrogens (tertiary/aromatic N) is 4. The van der Waals surface area contributed by atoms with Crippen LogP contribution in [0.2, 0.25) is 0 Å². The van der Waals surface area contributed by atoms with Crippen molar-refractivity contribution in [1.29, 1.82) is 0 Å². The lowest BCUT2D eigenvalue weighted by Gasteiger charge is -2.18. The summed E-state index contributed by atoms with van der Waals surface area (Å²) in [7, 11) is 1.53. The van der Waals surface area contributed by atoms with Gasteiger partial charge in [-0.25, -0.2) is 14.8 Å². The number of fused-ring (bicyclic) bond motifs is 1. The number of anilines is 1. The Bertz CT molecular complexity index is 747. The summed E-state index contributed by atoms with van der Waals surface area (Å²) < 4.78 is 1.26. The van der Waals surface area contributed by atoms with Gasteiger partial charge in [0.15, 0.2) is 0 Å². The molecule has 1 saturated heterocycles. The summed E-state index contributed by atoms with van der Waals surface area (Å²) in [5.74, 6) is -0.533. The summed E-state index contributed by atoms with van der Waals surface area (Å²) in [5, 5.41) is 9.74. The average Bonchev–Trinajstić information content (AvgIpc) is 2.95. The van der Waals surface area contributed by atoms with E-state index in [1.807, 2.05) is 0 Å². The second-order valence-corrected chi connectivity index (χ2v) is 4.86. The molecule has 0 aromatic carbocycles. The Morgan fingerprint density at radius 2 is 2.00 bits per heavy atom. The monoisotopic (exact) mass is 274 g/mol. The third-order valence-corrected chi connectivity index (χ3v) is 3.62. The molecule has 0 aliphatic carbocycles. The molecule has 1 N–H and O–H groups in total. The smallest absolute Gasteiger partial charge is 0.341 e. The second kappa shape index (κ2) is 4.59. The van der Waals surface area contributed by atoms with Crippen molar-refractivity contribution in [3.63, 3.8) is 0 Å². The lowest BCUT2D eigenvalue weighted by atomic mass is 10.2. The maximum absolute atomic E-state index is 12.0. The lowest BCUT2D eigenvalue weighted by molar-refractivity contribution is 0.0694. The molecule has 3 rings (SSSR count). The van der Waals surface area contributed by atoms with Crippen molar-refractivity contribution in [3.05, 3.63) is 28.3 Å². The molecular weight excluding hydrogens is 260 g/mol. The fourth-order valence-electron chi connectivity index (χ4n) is 2.59. The number of hydrogen-bond donors (Lipinski definition) is 1. The minimum absolute atomic E-state index is 0.254. The molecule has 3 heterocycles. The third-order valence-electron chi connectivity index (χ3n) is 3.62. The highest BCUT2D eigenvalue weighted by Gasteiger charge is 2.20. The van der Waals surface area contributed by atoms with Crippen molar-refractivity contribution in [1.82, 2.24) is 14.5 Å². The standard InChI is InChI=1S/C13H14N4O3/c1-16-10-8(6-9(12(16)18)13(19)20)11(15-7-14-10)17-4-2-3-5-17/h6-7H,2-5H2,1H3,(H,19,20). The summed E-state index contributed by atoms with van der Waals surface area (Å²) in [6.45, 7) is 1.77. The van der Waals surface area contributed by atoms with Gasteiger partial charge in [-0.15, -0.1) is 0 Å². The predicted octanol–water partition coefficient (Wildman–Crippen LogP) is 0.627. The molecule has 0 amide bonds. The zero-order chi connectivity index (χ0) is 14.3. The van der Waals surface area contributed by atoms with Gasteiger partial charge in [-0.05, 0) is 18.9 Å².